The van der Waals surface area contributed by atoms with E-state index in [1.807, 2.05) is 37.3 Å². The highest BCUT2D eigenvalue weighted by molar-refractivity contribution is 9.06. The van der Waals surface area contributed by atoms with Gasteiger partial charge in [0.15, 0.2) is 16.3 Å². The van der Waals surface area contributed by atoms with Crippen LogP contribution in [0.3, 0.4) is 0 Å². The first-order valence-corrected chi connectivity index (χ1v) is 6.46. The van der Waals surface area contributed by atoms with Crippen molar-refractivity contribution in [2.75, 3.05) is 0 Å². The first-order valence-electron chi connectivity index (χ1n) is 5.81. The van der Waals surface area contributed by atoms with E-state index in [-0.39, 0.29) is 0 Å². The maximum Gasteiger partial charge on any atom is 0.349 e. The Labute approximate surface area is 120 Å². The maximum absolute atomic E-state index is 11.3. The highest BCUT2D eigenvalue weighted by Crippen LogP contribution is 2.21. The molecule has 2 rings (SSSR count). The monoisotopic (exact) mass is 320 g/mol. The Bertz CT molecular complexity index is 567. The summed E-state index contributed by atoms with van der Waals surface area (Å²) in [7, 11) is 0. The number of hydrogen-bond acceptors (Lipinski definition) is 3. The van der Waals surface area contributed by atoms with Crippen LogP contribution in [-0.4, -0.2) is 5.97 Å². The van der Waals surface area contributed by atoms with Crippen LogP contribution in [0.25, 0.3) is 0 Å². The van der Waals surface area contributed by atoms with Gasteiger partial charge in [-0.3, -0.25) is 0 Å². The lowest BCUT2D eigenvalue weighted by atomic mass is 10.1. The van der Waals surface area contributed by atoms with Crippen molar-refractivity contribution in [3.05, 3.63) is 65.2 Å². The first-order chi connectivity index (χ1) is 9.20. The van der Waals surface area contributed by atoms with Crippen molar-refractivity contribution in [1.82, 2.24) is 0 Å². The van der Waals surface area contributed by atoms with Crippen LogP contribution >= 0.6 is 16.3 Å². The molecule has 0 fully saturated rings. The van der Waals surface area contributed by atoms with Gasteiger partial charge in [-0.15, -0.1) is 0 Å². The molecule has 0 heterocycles. The van der Waals surface area contributed by atoms with Gasteiger partial charge in [-0.25, -0.2) is 4.79 Å². The number of hydrogen-bond donors (Lipinski definition) is 0. The van der Waals surface area contributed by atoms with Crippen LogP contribution in [0.1, 0.15) is 21.5 Å². The van der Waals surface area contributed by atoms with E-state index in [0.29, 0.717) is 12.2 Å². The summed E-state index contributed by atoms with van der Waals surface area (Å²) in [5.74, 6) is 0.340. The molecule has 2 aromatic rings. The van der Waals surface area contributed by atoms with Crippen LogP contribution in [-0.2, 0) is 10.4 Å². The molecule has 0 atom stereocenters. The average Bonchev–Trinajstić information content (AvgIpc) is 2.46. The van der Waals surface area contributed by atoms with E-state index >= 15 is 0 Å². The fraction of sp³-hybridized carbons (Fsp3) is 0.133. The Morgan fingerprint density at radius 1 is 1.16 bits per heavy atom. The Morgan fingerprint density at radius 2 is 1.89 bits per heavy atom. The van der Waals surface area contributed by atoms with E-state index in [9.17, 15) is 4.79 Å². The quantitative estimate of drug-likeness (QED) is 0.852. The van der Waals surface area contributed by atoms with Gasteiger partial charge < -0.3 is 8.57 Å². The van der Waals surface area contributed by atoms with Gasteiger partial charge in [0.1, 0.15) is 12.4 Å². The van der Waals surface area contributed by atoms with Crippen LogP contribution in [0.5, 0.6) is 5.75 Å². The number of carbonyl (C=O) groups is 1. The molecule has 4 heteroatoms. The van der Waals surface area contributed by atoms with Crippen LogP contribution in [0.15, 0.2) is 48.5 Å². The molecule has 0 unspecified atom stereocenters. The Kier molecular flexibility index (Phi) is 4.58. The Balaban J connectivity index is 2.07. The highest BCUT2D eigenvalue weighted by Gasteiger charge is 2.09. The fourth-order valence-electron chi connectivity index (χ4n) is 1.72. The van der Waals surface area contributed by atoms with E-state index in [4.69, 9.17) is 4.74 Å². The topological polar surface area (TPSA) is 35.5 Å². The molecule has 0 aromatic heterocycles. The minimum Gasteiger partial charge on any atom is -0.489 e. The summed E-state index contributed by atoms with van der Waals surface area (Å²) >= 11 is 2.68. The molecule has 0 amide bonds. The second-order valence-electron chi connectivity index (χ2n) is 4.12. The molecular weight excluding hydrogens is 308 g/mol. The summed E-state index contributed by atoms with van der Waals surface area (Å²) in [5.41, 5.74) is 2.48. The van der Waals surface area contributed by atoms with E-state index < -0.39 is 5.97 Å². The summed E-state index contributed by atoms with van der Waals surface area (Å²) < 4.78 is 10.2. The van der Waals surface area contributed by atoms with Gasteiger partial charge in [0.05, 0.1) is 5.56 Å². The fourth-order valence-corrected chi connectivity index (χ4v) is 1.91. The molecule has 0 N–H and O–H groups in total. The highest BCUT2D eigenvalue weighted by atomic mass is 79.9. The first kappa shape index (κ1) is 13.6. The van der Waals surface area contributed by atoms with Crippen LogP contribution in [0.2, 0.25) is 0 Å². The number of aryl methyl sites for hydroxylation is 1. The molecule has 0 saturated carbocycles. The van der Waals surface area contributed by atoms with Crippen molar-refractivity contribution in [3.8, 4) is 5.75 Å². The third-order valence-corrected chi connectivity index (χ3v) is 3.01. The third-order valence-electron chi connectivity index (χ3n) is 2.72. The molecule has 3 nitrogen and oxygen atoms in total. The van der Waals surface area contributed by atoms with Gasteiger partial charge in [-0.2, -0.15) is 0 Å². The van der Waals surface area contributed by atoms with E-state index in [0.717, 1.165) is 16.9 Å². The largest absolute Gasteiger partial charge is 0.489 e. The molecular formula is C15H13BrO3. The normalized spacial score (nSPS) is 10.0. The number of ether oxygens (including phenoxy) is 1. The molecule has 0 aliphatic rings. The van der Waals surface area contributed by atoms with Crippen molar-refractivity contribution in [2.45, 2.75) is 13.5 Å². The zero-order valence-corrected chi connectivity index (χ0v) is 12.0. The SMILES string of the molecule is Cc1cc(C(=O)OBr)ccc1OCc1ccccc1. The second-order valence-corrected chi connectivity index (χ2v) is 4.44. The van der Waals surface area contributed by atoms with E-state index in [1.165, 1.54) is 0 Å². The number of carbonyl (C=O) groups excluding carboxylic acids is 1. The maximum atomic E-state index is 11.3. The summed E-state index contributed by atoms with van der Waals surface area (Å²) in [6.07, 6.45) is 0. The number of benzene rings is 2. The summed E-state index contributed by atoms with van der Waals surface area (Å²) in [6, 6.07) is 15.1. The van der Waals surface area contributed by atoms with Gasteiger partial charge >= 0.3 is 5.97 Å². The molecule has 98 valence electrons. The lowest BCUT2D eigenvalue weighted by Gasteiger charge is -2.10. The van der Waals surface area contributed by atoms with Gasteiger partial charge in [0.2, 0.25) is 0 Å². The Hall–Kier alpha value is -1.81. The van der Waals surface area contributed by atoms with Crippen LogP contribution in [0.4, 0.5) is 0 Å². The van der Waals surface area contributed by atoms with Gasteiger partial charge in [0, 0.05) is 0 Å². The van der Waals surface area contributed by atoms with Crippen molar-refractivity contribution in [2.24, 2.45) is 0 Å². The molecule has 19 heavy (non-hydrogen) atoms. The Morgan fingerprint density at radius 3 is 2.53 bits per heavy atom. The molecule has 0 radical (unpaired) electrons. The third kappa shape index (κ3) is 3.58. The summed E-state index contributed by atoms with van der Waals surface area (Å²) in [4.78, 5) is 11.3. The predicted octanol–water partition coefficient (Wildman–Crippen LogP) is 4.04. The zero-order chi connectivity index (χ0) is 13.7. The molecule has 0 spiro atoms. The van der Waals surface area contributed by atoms with E-state index in [2.05, 4.69) is 20.1 Å². The second kappa shape index (κ2) is 6.38. The predicted molar refractivity (Wildman–Crippen MR) is 76.3 cm³/mol. The molecule has 0 bridgehead atoms. The molecule has 2 aromatic carbocycles. The smallest absolute Gasteiger partial charge is 0.349 e. The van der Waals surface area contributed by atoms with Crippen molar-refractivity contribution >= 4 is 22.2 Å². The minimum atomic E-state index is -0.419. The van der Waals surface area contributed by atoms with Crippen molar-refractivity contribution in [1.29, 1.82) is 0 Å². The molecule has 0 saturated heterocycles. The summed E-state index contributed by atoms with van der Waals surface area (Å²) in [6.45, 7) is 2.40. The lowest BCUT2D eigenvalue weighted by molar-refractivity contribution is 0.0781. The summed E-state index contributed by atoms with van der Waals surface area (Å²) in [5, 5.41) is 0. The number of rotatable bonds is 4. The van der Waals surface area contributed by atoms with Crippen LogP contribution < -0.4 is 4.74 Å². The molecule has 0 aliphatic carbocycles. The number of halogens is 1. The molecule has 0 aliphatic heterocycles. The van der Waals surface area contributed by atoms with Gasteiger partial charge in [0.25, 0.3) is 0 Å². The van der Waals surface area contributed by atoms with Crippen LogP contribution in [0, 0.1) is 6.92 Å². The van der Waals surface area contributed by atoms with Gasteiger partial charge in [-0.1, -0.05) is 30.3 Å². The van der Waals surface area contributed by atoms with Crippen molar-refractivity contribution < 1.29 is 13.4 Å². The minimum absolute atomic E-state index is 0.419. The standard InChI is InChI=1S/C15H13BrO3/c1-11-9-13(15(17)19-16)7-8-14(11)18-10-12-5-3-2-4-6-12/h2-9H,10H2,1H3. The van der Waals surface area contributed by atoms with Gasteiger partial charge in [-0.05, 0) is 36.2 Å². The average molecular weight is 321 g/mol. The lowest BCUT2D eigenvalue weighted by Crippen LogP contribution is -2.01. The van der Waals surface area contributed by atoms with E-state index in [1.54, 1.807) is 18.2 Å². The van der Waals surface area contributed by atoms with Crippen molar-refractivity contribution in [3.63, 3.8) is 0 Å². The zero-order valence-electron chi connectivity index (χ0n) is 10.4.